The Morgan fingerprint density at radius 2 is 1.02 bits per heavy atom. The molecule has 0 aliphatic heterocycles. The second kappa shape index (κ2) is 16.3. The Labute approximate surface area is 270 Å². The number of ketones is 1. The Hall–Kier alpha value is -5.11. The van der Waals surface area contributed by atoms with Crippen molar-refractivity contribution in [2.75, 3.05) is 21.3 Å². The summed E-state index contributed by atoms with van der Waals surface area (Å²) < 4.78 is 35.5. The monoisotopic (exact) mass is 618 g/mol. The van der Waals surface area contributed by atoms with Crippen LogP contribution >= 0.6 is 0 Å². The van der Waals surface area contributed by atoms with Gasteiger partial charge in [0.15, 0.2) is 23.6 Å². The minimum absolute atomic E-state index is 0.255. The highest BCUT2D eigenvalue weighted by atomic mass is 16.7. The maximum atomic E-state index is 14.6. The van der Waals surface area contributed by atoms with Crippen molar-refractivity contribution in [1.82, 2.24) is 0 Å². The lowest BCUT2D eigenvalue weighted by Crippen LogP contribution is -2.30. The first-order valence-electron chi connectivity index (χ1n) is 15.0. The third-order valence-corrected chi connectivity index (χ3v) is 7.51. The number of rotatable bonds is 16. The quantitative estimate of drug-likeness (QED) is 0.0819. The molecule has 0 aliphatic carbocycles. The first-order chi connectivity index (χ1) is 22.6. The van der Waals surface area contributed by atoms with Crippen molar-refractivity contribution in [2.45, 2.75) is 32.0 Å². The molecule has 0 heterocycles. The lowest BCUT2D eigenvalue weighted by Gasteiger charge is -2.26. The van der Waals surface area contributed by atoms with Gasteiger partial charge in [0, 0.05) is 20.3 Å². The average Bonchev–Trinajstić information content (AvgIpc) is 3.12. The molecule has 0 amide bonds. The lowest BCUT2D eigenvalue weighted by atomic mass is 9.89. The van der Waals surface area contributed by atoms with Crippen LogP contribution in [0.25, 0.3) is 0 Å². The van der Waals surface area contributed by atoms with Crippen LogP contribution in [0.1, 0.15) is 38.5 Å². The molecule has 46 heavy (non-hydrogen) atoms. The van der Waals surface area contributed by atoms with E-state index in [2.05, 4.69) is 0 Å². The highest BCUT2D eigenvalue weighted by molar-refractivity contribution is 6.04. The molecule has 0 unspecified atom stereocenters. The molecule has 7 nitrogen and oxygen atoms in total. The molecule has 5 aromatic rings. The molecule has 0 spiro atoms. The van der Waals surface area contributed by atoms with Crippen molar-refractivity contribution in [3.63, 3.8) is 0 Å². The highest BCUT2D eigenvalue weighted by Gasteiger charge is 2.34. The second-order valence-corrected chi connectivity index (χ2v) is 10.6. The molecule has 5 aromatic carbocycles. The van der Waals surface area contributed by atoms with Crippen molar-refractivity contribution in [1.29, 1.82) is 0 Å². The standard InChI is InChI=1S/C39H38O7/c1-41-35-24-34(45-26-29-15-9-5-10-16-29)33(23-36(35)46-27-30-17-11-6-12-18-30)38(40)37(39(42-2)43-3)31-19-21-32(22-20-31)44-25-28-13-7-4-8-14-28/h4-24,37,39H,25-27H2,1-3H3/t37-/m0/s1. The first-order valence-corrected chi connectivity index (χ1v) is 15.0. The molecule has 0 saturated carbocycles. The van der Waals surface area contributed by atoms with Crippen LogP contribution in [-0.4, -0.2) is 33.4 Å². The van der Waals surface area contributed by atoms with Crippen molar-refractivity contribution < 1.29 is 33.2 Å². The molecular formula is C39H38O7. The van der Waals surface area contributed by atoms with Gasteiger partial charge in [0.1, 0.15) is 31.3 Å². The molecule has 5 rings (SSSR count). The third-order valence-electron chi connectivity index (χ3n) is 7.51. The van der Waals surface area contributed by atoms with E-state index in [4.69, 9.17) is 28.4 Å². The van der Waals surface area contributed by atoms with Crippen LogP contribution in [0.5, 0.6) is 23.0 Å². The molecule has 0 aliphatic rings. The number of carbonyl (C=O) groups excluding carboxylic acids is 1. The van der Waals surface area contributed by atoms with Crippen LogP contribution < -0.4 is 18.9 Å². The first kappa shape index (κ1) is 32.3. The van der Waals surface area contributed by atoms with Gasteiger partial charge in [0.2, 0.25) is 0 Å². The largest absolute Gasteiger partial charge is 0.493 e. The molecule has 0 bridgehead atoms. The number of hydrogen-bond acceptors (Lipinski definition) is 7. The van der Waals surface area contributed by atoms with Crippen molar-refractivity contribution >= 4 is 5.78 Å². The Kier molecular flexibility index (Phi) is 11.4. The van der Waals surface area contributed by atoms with Gasteiger partial charge in [0.25, 0.3) is 0 Å². The summed E-state index contributed by atoms with van der Waals surface area (Å²) in [6.45, 7) is 0.979. The Morgan fingerprint density at radius 1 is 0.543 bits per heavy atom. The number of ether oxygens (including phenoxy) is 6. The SMILES string of the molecule is COc1cc(OCc2ccccc2)c(C(=O)[C@H](c2ccc(OCc3ccccc3)cc2)C(OC)OC)cc1OCc1ccccc1. The van der Waals surface area contributed by atoms with Gasteiger partial charge in [-0.3, -0.25) is 4.79 Å². The van der Waals surface area contributed by atoms with Gasteiger partial charge in [-0.05, 0) is 40.5 Å². The second-order valence-electron chi connectivity index (χ2n) is 10.6. The topological polar surface area (TPSA) is 72.5 Å². The normalized spacial score (nSPS) is 11.6. The Morgan fingerprint density at radius 3 is 1.50 bits per heavy atom. The van der Waals surface area contributed by atoms with E-state index >= 15 is 0 Å². The maximum absolute atomic E-state index is 14.6. The number of carbonyl (C=O) groups is 1. The number of benzene rings is 5. The van der Waals surface area contributed by atoms with Gasteiger partial charge in [-0.25, -0.2) is 0 Å². The van der Waals surface area contributed by atoms with Gasteiger partial charge in [-0.15, -0.1) is 0 Å². The number of Topliss-reactive ketones (excluding diaryl/α,β-unsaturated/α-hetero) is 1. The van der Waals surface area contributed by atoms with Crippen LogP contribution in [0.3, 0.4) is 0 Å². The zero-order valence-electron chi connectivity index (χ0n) is 26.3. The summed E-state index contributed by atoms with van der Waals surface area (Å²) in [5, 5.41) is 0. The van der Waals surface area contributed by atoms with Gasteiger partial charge in [-0.1, -0.05) is 103 Å². The molecule has 0 aromatic heterocycles. The van der Waals surface area contributed by atoms with E-state index in [1.807, 2.05) is 115 Å². The van der Waals surface area contributed by atoms with E-state index < -0.39 is 12.2 Å². The summed E-state index contributed by atoms with van der Waals surface area (Å²) in [7, 11) is 4.59. The van der Waals surface area contributed by atoms with E-state index in [0.29, 0.717) is 47.3 Å². The van der Waals surface area contributed by atoms with E-state index in [1.54, 1.807) is 19.2 Å². The minimum atomic E-state index is -0.874. The summed E-state index contributed by atoms with van der Waals surface area (Å²) in [6, 6.07) is 40.3. The maximum Gasteiger partial charge on any atom is 0.179 e. The Bertz CT molecular complexity index is 1650. The number of hydrogen-bond donors (Lipinski definition) is 0. The minimum Gasteiger partial charge on any atom is -0.493 e. The fraction of sp³-hybridized carbons (Fsp3) is 0.205. The smallest absolute Gasteiger partial charge is 0.179 e. The van der Waals surface area contributed by atoms with Gasteiger partial charge < -0.3 is 28.4 Å². The van der Waals surface area contributed by atoms with Gasteiger partial charge in [0.05, 0.1) is 18.6 Å². The van der Waals surface area contributed by atoms with Crippen LogP contribution in [0.4, 0.5) is 0 Å². The van der Waals surface area contributed by atoms with Gasteiger partial charge in [-0.2, -0.15) is 0 Å². The van der Waals surface area contributed by atoms with Gasteiger partial charge >= 0.3 is 0 Å². The Balaban J connectivity index is 1.48. The summed E-state index contributed by atoms with van der Waals surface area (Å²) in [4.78, 5) is 14.6. The van der Waals surface area contributed by atoms with E-state index in [0.717, 1.165) is 16.7 Å². The third kappa shape index (κ3) is 8.33. The molecule has 236 valence electrons. The van der Waals surface area contributed by atoms with Crippen LogP contribution in [0.15, 0.2) is 127 Å². The summed E-state index contributed by atoms with van der Waals surface area (Å²) in [6.07, 6.45) is -0.874. The fourth-order valence-corrected chi connectivity index (χ4v) is 5.08. The molecular weight excluding hydrogens is 580 g/mol. The molecule has 0 radical (unpaired) electrons. The lowest BCUT2D eigenvalue weighted by molar-refractivity contribution is -0.110. The van der Waals surface area contributed by atoms with E-state index in [-0.39, 0.29) is 12.4 Å². The van der Waals surface area contributed by atoms with Crippen molar-refractivity contribution in [2.24, 2.45) is 0 Å². The zero-order chi connectivity index (χ0) is 32.1. The average molecular weight is 619 g/mol. The van der Waals surface area contributed by atoms with Crippen LogP contribution in [0, 0.1) is 0 Å². The summed E-state index contributed by atoms with van der Waals surface area (Å²) >= 11 is 0. The molecule has 0 fully saturated rings. The summed E-state index contributed by atoms with van der Waals surface area (Å²) in [5.74, 6) is 0.808. The van der Waals surface area contributed by atoms with Crippen molar-refractivity contribution in [3.8, 4) is 23.0 Å². The molecule has 1 atom stereocenters. The summed E-state index contributed by atoms with van der Waals surface area (Å²) in [5.41, 5.74) is 4.01. The molecule has 7 heteroatoms. The van der Waals surface area contributed by atoms with Crippen molar-refractivity contribution in [3.05, 3.63) is 155 Å². The zero-order valence-corrected chi connectivity index (χ0v) is 26.3. The predicted octanol–water partition coefficient (Wildman–Crippen LogP) is 8.02. The van der Waals surface area contributed by atoms with E-state index in [1.165, 1.54) is 14.2 Å². The predicted molar refractivity (Wildman–Crippen MR) is 177 cm³/mol. The molecule has 0 saturated heterocycles. The number of methoxy groups -OCH3 is 3. The van der Waals surface area contributed by atoms with Crippen LogP contribution in [0.2, 0.25) is 0 Å². The highest BCUT2D eigenvalue weighted by Crippen LogP contribution is 2.39. The fourth-order valence-electron chi connectivity index (χ4n) is 5.08. The van der Waals surface area contributed by atoms with E-state index in [9.17, 15) is 4.79 Å². The van der Waals surface area contributed by atoms with Crippen LogP contribution in [-0.2, 0) is 29.3 Å². The molecule has 0 N–H and O–H groups in total.